The van der Waals surface area contributed by atoms with Crippen LogP contribution in [0.2, 0.25) is 0 Å². The summed E-state index contributed by atoms with van der Waals surface area (Å²) < 4.78 is 10.9. The Bertz CT molecular complexity index is 3850. The van der Waals surface area contributed by atoms with Crippen LogP contribution >= 0.6 is 0 Å². The average molecular weight is 806 g/mol. The van der Waals surface area contributed by atoms with Crippen molar-refractivity contribution in [3.05, 3.63) is 212 Å². The number of rotatable bonds is 6. The van der Waals surface area contributed by atoms with E-state index in [1.54, 1.807) is 0 Å². The van der Waals surface area contributed by atoms with E-state index in [0.29, 0.717) is 17.6 Å². The molecule has 6 heteroatoms. The third-order valence-electron chi connectivity index (χ3n) is 12.3. The van der Waals surface area contributed by atoms with Gasteiger partial charge in [0, 0.05) is 49.1 Å². The molecule has 0 saturated heterocycles. The average Bonchev–Trinajstić information content (AvgIpc) is 4.02. The standard InChI is InChI=1S/C57H35N5O/c1-4-16-36(17-5-1)40-32-41(37-18-6-2-7-19-37)34-42(33-40)61-49-25-13-10-22-43(49)46-29-30-47-44-23-11-14-26-50(44)62(54(47)53(46)61)57-59-55(38-20-8-3-9-21-38)58-56(60-57)39-28-31-52-48(35-39)45-24-12-15-27-51(45)63-52/h1-35H. The van der Waals surface area contributed by atoms with Crippen LogP contribution in [0.1, 0.15) is 0 Å². The SMILES string of the molecule is c1ccc(-c2cc(-c3ccccc3)cc(-n3c4ccccc4c4ccc5c6ccccc6n(-c6nc(-c7ccccc7)nc(-c7ccc8oc9ccccc9c8c7)n6)c5c43)c2)cc1. The lowest BCUT2D eigenvalue weighted by atomic mass is 9.98. The third-order valence-corrected chi connectivity index (χ3v) is 12.3. The van der Waals surface area contributed by atoms with Gasteiger partial charge in [0.2, 0.25) is 5.95 Å². The van der Waals surface area contributed by atoms with E-state index in [9.17, 15) is 0 Å². The Balaban J connectivity index is 1.15. The van der Waals surface area contributed by atoms with Crippen molar-refractivity contribution in [3.8, 4) is 56.7 Å². The van der Waals surface area contributed by atoms with Gasteiger partial charge in [-0.3, -0.25) is 4.57 Å². The van der Waals surface area contributed by atoms with Crippen LogP contribution in [0.5, 0.6) is 0 Å². The van der Waals surface area contributed by atoms with Crippen LogP contribution in [0.3, 0.4) is 0 Å². The summed E-state index contributed by atoms with van der Waals surface area (Å²) in [7, 11) is 0. The molecule has 0 bridgehead atoms. The number of furan rings is 1. The fourth-order valence-electron chi connectivity index (χ4n) is 9.49. The molecule has 9 aromatic carbocycles. The number of benzene rings is 9. The number of nitrogens with zero attached hydrogens (tertiary/aromatic N) is 5. The normalized spacial score (nSPS) is 11.8. The first-order valence-corrected chi connectivity index (χ1v) is 21.2. The van der Waals surface area contributed by atoms with Crippen LogP contribution in [0, 0.1) is 0 Å². The van der Waals surface area contributed by atoms with Crippen molar-refractivity contribution in [1.29, 1.82) is 0 Å². The predicted octanol–water partition coefficient (Wildman–Crippen LogP) is 14.6. The van der Waals surface area contributed by atoms with E-state index >= 15 is 0 Å². The van der Waals surface area contributed by atoms with Crippen LogP contribution in [-0.2, 0) is 0 Å². The van der Waals surface area contributed by atoms with Crippen LogP contribution in [0.25, 0.3) is 122 Å². The fraction of sp³-hybridized carbons (Fsp3) is 0. The van der Waals surface area contributed by atoms with Crippen molar-refractivity contribution in [2.75, 3.05) is 0 Å². The summed E-state index contributed by atoms with van der Waals surface area (Å²) in [6.45, 7) is 0. The molecule has 0 N–H and O–H groups in total. The van der Waals surface area contributed by atoms with Gasteiger partial charge < -0.3 is 8.98 Å². The van der Waals surface area contributed by atoms with Gasteiger partial charge in [0.1, 0.15) is 11.2 Å². The minimum atomic E-state index is 0.537. The summed E-state index contributed by atoms with van der Waals surface area (Å²) in [5, 5.41) is 6.60. The van der Waals surface area contributed by atoms with Gasteiger partial charge in [0.15, 0.2) is 11.6 Å². The molecule has 0 aliphatic rings. The molecule has 0 radical (unpaired) electrons. The molecule has 0 aliphatic heterocycles. The quantitative estimate of drug-likeness (QED) is 0.168. The molecule has 0 fully saturated rings. The number of aromatic nitrogens is 5. The lowest BCUT2D eigenvalue weighted by Gasteiger charge is -2.16. The summed E-state index contributed by atoms with van der Waals surface area (Å²) in [6, 6.07) is 74.7. The van der Waals surface area contributed by atoms with Crippen LogP contribution in [0.4, 0.5) is 0 Å². The Labute approximate surface area is 361 Å². The van der Waals surface area contributed by atoms with E-state index in [0.717, 1.165) is 99.2 Å². The van der Waals surface area contributed by atoms with Gasteiger partial charge in [-0.2, -0.15) is 9.97 Å². The Kier molecular flexibility index (Phi) is 7.80. The molecular weight excluding hydrogens is 771 g/mol. The first-order valence-electron chi connectivity index (χ1n) is 21.2. The van der Waals surface area contributed by atoms with E-state index in [2.05, 4.69) is 173 Å². The smallest absolute Gasteiger partial charge is 0.238 e. The zero-order chi connectivity index (χ0) is 41.4. The maximum atomic E-state index is 6.23. The van der Waals surface area contributed by atoms with E-state index in [1.165, 1.54) is 5.39 Å². The zero-order valence-electron chi connectivity index (χ0n) is 33.9. The number of fused-ring (bicyclic) bond motifs is 10. The Morgan fingerprint density at radius 1 is 0.302 bits per heavy atom. The number of hydrogen-bond acceptors (Lipinski definition) is 4. The fourth-order valence-corrected chi connectivity index (χ4v) is 9.49. The summed E-state index contributed by atoms with van der Waals surface area (Å²) in [5.41, 5.74) is 13.3. The van der Waals surface area contributed by atoms with Crippen molar-refractivity contribution in [2.45, 2.75) is 0 Å². The highest BCUT2D eigenvalue weighted by Gasteiger charge is 2.24. The van der Waals surface area contributed by atoms with E-state index in [1.807, 2.05) is 48.5 Å². The highest BCUT2D eigenvalue weighted by Crippen LogP contribution is 2.43. The second-order valence-corrected chi connectivity index (χ2v) is 16.0. The summed E-state index contributed by atoms with van der Waals surface area (Å²) in [4.78, 5) is 16.0. The van der Waals surface area contributed by atoms with E-state index < -0.39 is 0 Å². The molecule has 294 valence electrons. The molecule has 6 nitrogen and oxygen atoms in total. The second kappa shape index (κ2) is 14.0. The van der Waals surface area contributed by atoms with E-state index in [-0.39, 0.29) is 0 Å². The van der Waals surface area contributed by atoms with Gasteiger partial charge in [-0.15, -0.1) is 0 Å². The van der Waals surface area contributed by atoms with Gasteiger partial charge in [0.25, 0.3) is 0 Å². The van der Waals surface area contributed by atoms with E-state index in [4.69, 9.17) is 19.4 Å². The third kappa shape index (κ3) is 5.62. The first-order chi connectivity index (χ1) is 31.2. The topological polar surface area (TPSA) is 61.7 Å². The maximum Gasteiger partial charge on any atom is 0.238 e. The largest absolute Gasteiger partial charge is 0.456 e. The molecule has 13 aromatic rings. The van der Waals surface area contributed by atoms with Crippen LogP contribution < -0.4 is 0 Å². The highest BCUT2D eigenvalue weighted by atomic mass is 16.3. The maximum absolute atomic E-state index is 6.23. The molecule has 0 atom stereocenters. The zero-order valence-corrected chi connectivity index (χ0v) is 33.9. The lowest BCUT2D eigenvalue weighted by Crippen LogP contribution is -2.07. The molecule has 0 amide bonds. The van der Waals surface area contributed by atoms with Gasteiger partial charge in [-0.1, -0.05) is 158 Å². The molecule has 0 saturated carbocycles. The monoisotopic (exact) mass is 805 g/mol. The Morgan fingerprint density at radius 2 is 0.794 bits per heavy atom. The van der Waals surface area contributed by atoms with Crippen molar-refractivity contribution >= 4 is 65.6 Å². The van der Waals surface area contributed by atoms with Gasteiger partial charge in [-0.05, 0) is 76.9 Å². The van der Waals surface area contributed by atoms with Crippen LogP contribution in [0.15, 0.2) is 217 Å². The van der Waals surface area contributed by atoms with Gasteiger partial charge >= 0.3 is 0 Å². The minimum absolute atomic E-state index is 0.537. The first kappa shape index (κ1) is 35.2. The summed E-state index contributed by atoms with van der Waals surface area (Å²) in [6.07, 6.45) is 0. The molecular formula is C57H35N5O. The molecule has 0 aliphatic carbocycles. The van der Waals surface area contributed by atoms with Crippen molar-refractivity contribution < 1.29 is 4.42 Å². The molecule has 4 heterocycles. The van der Waals surface area contributed by atoms with Crippen molar-refractivity contribution in [2.24, 2.45) is 0 Å². The van der Waals surface area contributed by atoms with Gasteiger partial charge in [0.05, 0.1) is 22.1 Å². The van der Waals surface area contributed by atoms with Crippen molar-refractivity contribution in [1.82, 2.24) is 24.1 Å². The minimum Gasteiger partial charge on any atom is -0.456 e. The summed E-state index contributed by atoms with van der Waals surface area (Å²) >= 11 is 0. The van der Waals surface area contributed by atoms with Gasteiger partial charge in [-0.25, -0.2) is 4.98 Å². The Hall–Kier alpha value is -8.61. The van der Waals surface area contributed by atoms with Crippen LogP contribution in [-0.4, -0.2) is 24.1 Å². The van der Waals surface area contributed by atoms with Crippen molar-refractivity contribution in [3.63, 3.8) is 0 Å². The lowest BCUT2D eigenvalue weighted by molar-refractivity contribution is 0.669. The second-order valence-electron chi connectivity index (χ2n) is 16.0. The molecule has 13 rings (SSSR count). The molecule has 0 unspecified atom stereocenters. The number of para-hydroxylation sites is 3. The number of hydrogen-bond donors (Lipinski definition) is 0. The molecule has 4 aromatic heterocycles. The summed E-state index contributed by atoms with van der Waals surface area (Å²) in [5.74, 6) is 1.71. The predicted molar refractivity (Wildman–Crippen MR) is 258 cm³/mol. The Morgan fingerprint density at radius 3 is 1.43 bits per heavy atom. The molecule has 63 heavy (non-hydrogen) atoms. The highest BCUT2D eigenvalue weighted by molar-refractivity contribution is 6.23. The molecule has 0 spiro atoms.